The fourth-order valence-electron chi connectivity index (χ4n) is 2.51. The smallest absolute Gasteiger partial charge is 0.338 e. The van der Waals surface area contributed by atoms with E-state index in [-0.39, 0.29) is 17.9 Å². The summed E-state index contributed by atoms with van der Waals surface area (Å²) in [5, 5.41) is 10.1. The molecule has 6 heteroatoms. The molecule has 0 atom stereocenters. The fourth-order valence-corrected chi connectivity index (χ4v) is 2.51. The molecule has 3 aromatic rings. The van der Waals surface area contributed by atoms with Crippen LogP contribution in [0.2, 0.25) is 0 Å². The lowest BCUT2D eigenvalue weighted by Gasteiger charge is -2.09. The number of phenols is 1. The molecule has 0 bridgehead atoms. The van der Waals surface area contributed by atoms with E-state index in [2.05, 4.69) is 0 Å². The molecule has 3 rings (SSSR count). The van der Waals surface area contributed by atoms with Crippen LogP contribution < -0.4 is 10.4 Å². The number of hydrogen-bond donors (Lipinski definition) is 1. The number of fused-ring (bicyclic) bond motifs is 1. The average Bonchev–Trinajstić information content (AvgIpc) is 2.59. The van der Waals surface area contributed by atoms with Crippen molar-refractivity contribution in [3.05, 3.63) is 69.6 Å². The second-order valence-electron chi connectivity index (χ2n) is 5.53. The zero-order valence-corrected chi connectivity index (χ0v) is 13.7. The lowest BCUT2D eigenvalue weighted by atomic mass is 10.1. The molecule has 0 aliphatic rings. The summed E-state index contributed by atoms with van der Waals surface area (Å²) in [5.41, 5.74) is 1.41. The molecule has 0 saturated carbocycles. The van der Waals surface area contributed by atoms with Crippen LogP contribution in [0.5, 0.6) is 11.5 Å². The number of phenolic OH excluding ortho intramolecular Hbond substituents is 1. The van der Waals surface area contributed by atoms with E-state index >= 15 is 0 Å². The molecule has 1 N–H and O–H groups in total. The van der Waals surface area contributed by atoms with Gasteiger partial charge in [0, 0.05) is 23.1 Å². The van der Waals surface area contributed by atoms with Gasteiger partial charge in [-0.05, 0) is 36.8 Å². The molecule has 6 nitrogen and oxygen atoms in total. The predicted octanol–water partition coefficient (Wildman–Crippen LogP) is 3.17. The summed E-state index contributed by atoms with van der Waals surface area (Å²) in [5.74, 6) is 0.0470. The normalized spacial score (nSPS) is 10.6. The van der Waals surface area contributed by atoms with Crippen molar-refractivity contribution in [2.45, 2.75) is 13.5 Å². The molecule has 0 fully saturated rings. The maximum absolute atomic E-state index is 12.3. The molecule has 0 saturated heterocycles. The summed E-state index contributed by atoms with van der Waals surface area (Å²) < 4.78 is 15.6. The number of methoxy groups -OCH3 is 1. The Labute approximate surface area is 143 Å². The Morgan fingerprint density at radius 1 is 1.16 bits per heavy atom. The summed E-state index contributed by atoms with van der Waals surface area (Å²) in [4.78, 5) is 23.9. The monoisotopic (exact) mass is 340 g/mol. The van der Waals surface area contributed by atoms with Gasteiger partial charge in [0.05, 0.1) is 12.7 Å². The van der Waals surface area contributed by atoms with Crippen molar-refractivity contribution in [3.8, 4) is 11.5 Å². The van der Waals surface area contributed by atoms with E-state index in [0.29, 0.717) is 22.3 Å². The van der Waals surface area contributed by atoms with Crippen LogP contribution in [0.15, 0.2) is 51.7 Å². The molecule has 2 aromatic carbocycles. The highest BCUT2D eigenvalue weighted by Gasteiger charge is 2.12. The zero-order valence-electron chi connectivity index (χ0n) is 13.7. The summed E-state index contributed by atoms with van der Waals surface area (Å²) in [6.45, 7) is 1.78. The molecule has 1 aromatic heterocycles. The number of hydrogen-bond acceptors (Lipinski definition) is 6. The lowest BCUT2D eigenvalue weighted by Crippen LogP contribution is -2.08. The van der Waals surface area contributed by atoms with Crippen LogP contribution >= 0.6 is 0 Å². The third kappa shape index (κ3) is 3.47. The highest BCUT2D eigenvalue weighted by Crippen LogP contribution is 2.23. The topological polar surface area (TPSA) is 86.0 Å². The minimum absolute atomic E-state index is 0.0171. The van der Waals surface area contributed by atoms with E-state index in [1.165, 1.54) is 25.3 Å². The van der Waals surface area contributed by atoms with Gasteiger partial charge in [-0.25, -0.2) is 9.59 Å². The van der Waals surface area contributed by atoms with E-state index in [1.807, 2.05) is 6.92 Å². The third-order valence-corrected chi connectivity index (χ3v) is 3.82. The number of benzene rings is 2. The van der Waals surface area contributed by atoms with Crippen LogP contribution in [0.25, 0.3) is 11.0 Å². The number of carbonyl (C=O) groups is 1. The van der Waals surface area contributed by atoms with Crippen molar-refractivity contribution in [2.24, 2.45) is 0 Å². The molecule has 0 amide bonds. The van der Waals surface area contributed by atoms with Gasteiger partial charge < -0.3 is 19.0 Å². The number of aryl methyl sites for hydroxylation is 1. The molecule has 1 heterocycles. The Balaban J connectivity index is 1.85. The van der Waals surface area contributed by atoms with Crippen LogP contribution in [-0.2, 0) is 11.3 Å². The first-order chi connectivity index (χ1) is 12.0. The first-order valence-electron chi connectivity index (χ1n) is 7.55. The van der Waals surface area contributed by atoms with Crippen molar-refractivity contribution in [2.75, 3.05) is 7.11 Å². The maximum Gasteiger partial charge on any atom is 0.338 e. The first-order valence-corrected chi connectivity index (χ1v) is 7.55. The van der Waals surface area contributed by atoms with E-state index in [9.17, 15) is 14.7 Å². The Morgan fingerprint density at radius 3 is 2.72 bits per heavy atom. The Morgan fingerprint density at radius 2 is 1.96 bits per heavy atom. The van der Waals surface area contributed by atoms with Gasteiger partial charge in [-0.1, -0.05) is 6.07 Å². The maximum atomic E-state index is 12.3. The molecule has 0 unspecified atom stereocenters. The summed E-state index contributed by atoms with van der Waals surface area (Å²) in [7, 11) is 1.53. The molecular formula is C19H16O6. The number of rotatable bonds is 4. The van der Waals surface area contributed by atoms with Gasteiger partial charge in [-0.2, -0.15) is 0 Å². The summed E-state index contributed by atoms with van der Waals surface area (Å²) in [6, 6.07) is 10.7. The Bertz CT molecular complexity index is 1000. The van der Waals surface area contributed by atoms with Crippen molar-refractivity contribution < 1.29 is 23.8 Å². The van der Waals surface area contributed by atoms with Gasteiger partial charge in [0.1, 0.15) is 23.7 Å². The SMILES string of the molecule is COc1cc(C(=O)OCc2cc(=O)oc3cc(O)ccc23)ccc1C. The van der Waals surface area contributed by atoms with Crippen molar-refractivity contribution in [3.63, 3.8) is 0 Å². The zero-order chi connectivity index (χ0) is 18.0. The number of ether oxygens (including phenoxy) is 2. The van der Waals surface area contributed by atoms with Crippen LogP contribution in [0.3, 0.4) is 0 Å². The van der Waals surface area contributed by atoms with Crippen molar-refractivity contribution in [1.29, 1.82) is 0 Å². The minimum atomic E-state index is -0.582. The van der Waals surface area contributed by atoms with Gasteiger partial charge in [0.2, 0.25) is 0 Å². The number of aromatic hydroxyl groups is 1. The third-order valence-electron chi connectivity index (χ3n) is 3.82. The van der Waals surface area contributed by atoms with Crippen LogP contribution in [-0.4, -0.2) is 18.2 Å². The average molecular weight is 340 g/mol. The van der Waals surface area contributed by atoms with Gasteiger partial charge in [0.25, 0.3) is 0 Å². The first kappa shape index (κ1) is 16.6. The van der Waals surface area contributed by atoms with Crippen molar-refractivity contribution >= 4 is 16.9 Å². The van der Waals surface area contributed by atoms with Crippen LogP contribution in [0, 0.1) is 6.92 Å². The van der Waals surface area contributed by atoms with Gasteiger partial charge in [-0.3, -0.25) is 0 Å². The fraction of sp³-hybridized carbons (Fsp3) is 0.158. The van der Waals surface area contributed by atoms with E-state index in [4.69, 9.17) is 13.9 Å². The van der Waals surface area contributed by atoms with E-state index in [0.717, 1.165) is 5.56 Å². The van der Waals surface area contributed by atoms with Gasteiger partial charge >= 0.3 is 11.6 Å². The highest BCUT2D eigenvalue weighted by molar-refractivity contribution is 5.90. The predicted molar refractivity (Wildman–Crippen MR) is 91.0 cm³/mol. The minimum Gasteiger partial charge on any atom is -0.508 e. The second-order valence-corrected chi connectivity index (χ2v) is 5.53. The Hall–Kier alpha value is -3.28. The van der Waals surface area contributed by atoms with Crippen molar-refractivity contribution in [1.82, 2.24) is 0 Å². The largest absolute Gasteiger partial charge is 0.508 e. The van der Waals surface area contributed by atoms with Gasteiger partial charge in [-0.15, -0.1) is 0 Å². The molecular weight excluding hydrogens is 324 g/mol. The lowest BCUT2D eigenvalue weighted by molar-refractivity contribution is 0.0473. The quantitative estimate of drug-likeness (QED) is 0.580. The molecule has 25 heavy (non-hydrogen) atoms. The van der Waals surface area contributed by atoms with Gasteiger partial charge in [0.15, 0.2) is 0 Å². The van der Waals surface area contributed by atoms with E-state index in [1.54, 1.807) is 24.3 Å². The summed E-state index contributed by atoms with van der Waals surface area (Å²) >= 11 is 0. The molecule has 128 valence electrons. The number of carbonyl (C=O) groups excluding carboxylic acids is 1. The highest BCUT2D eigenvalue weighted by atomic mass is 16.5. The summed E-state index contributed by atoms with van der Waals surface area (Å²) in [6.07, 6.45) is 0. The Kier molecular flexibility index (Phi) is 4.43. The van der Waals surface area contributed by atoms with E-state index < -0.39 is 11.6 Å². The molecule has 0 aliphatic heterocycles. The number of esters is 1. The van der Waals surface area contributed by atoms with Crippen LogP contribution in [0.1, 0.15) is 21.5 Å². The second kappa shape index (κ2) is 6.68. The molecule has 0 radical (unpaired) electrons. The standard InChI is InChI=1S/C19H16O6/c1-11-3-4-12(7-16(11)23-2)19(22)24-10-13-8-18(21)25-17-9-14(20)5-6-15(13)17/h3-9,20H,10H2,1-2H3. The van der Waals surface area contributed by atoms with Crippen LogP contribution in [0.4, 0.5) is 0 Å². The molecule has 0 spiro atoms. The molecule has 0 aliphatic carbocycles.